The van der Waals surface area contributed by atoms with Crippen LogP contribution in [0, 0.1) is 5.92 Å². The van der Waals surface area contributed by atoms with E-state index in [4.69, 9.17) is 4.74 Å². The lowest BCUT2D eigenvalue weighted by atomic mass is 10.4. The summed E-state index contributed by atoms with van der Waals surface area (Å²) in [7, 11) is 1.68. The molecule has 0 aliphatic heterocycles. The van der Waals surface area contributed by atoms with Crippen molar-refractivity contribution < 1.29 is 4.74 Å². The summed E-state index contributed by atoms with van der Waals surface area (Å²) >= 11 is 0. The lowest BCUT2D eigenvalue weighted by Gasteiger charge is -2.03. The first-order chi connectivity index (χ1) is 5.40. The van der Waals surface area contributed by atoms with Crippen molar-refractivity contribution in [2.45, 2.75) is 19.4 Å². The molecule has 2 rings (SSSR count). The smallest absolute Gasteiger partial charge is 0.211 e. The first-order valence-electron chi connectivity index (χ1n) is 3.96. The Morgan fingerprint density at radius 3 is 3.18 bits per heavy atom. The minimum absolute atomic E-state index is 0.851. The molecular weight excluding hydrogens is 140 g/mol. The van der Waals surface area contributed by atoms with Crippen molar-refractivity contribution in [1.82, 2.24) is 9.78 Å². The number of methoxy groups -OCH3 is 1. The highest BCUT2D eigenvalue weighted by atomic mass is 16.5. The predicted molar refractivity (Wildman–Crippen MR) is 41.5 cm³/mol. The van der Waals surface area contributed by atoms with Crippen molar-refractivity contribution in [1.29, 1.82) is 0 Å². The number of rotatable bonds is 3. The van der Waals surface area contributed by atoms with E-state index in [1.165, 1.54) is 12.8 Å². The van der Waals surface area contributed by atoms with Crippen LogP contribution >= 0.6 is 0 Å². The second-order valence-electron chi connectivity index (χ2n) is 3.00. The molecule has 0 unspecified atom stereocenters. The standard InChI is InChI=1S/C8H12N2O/c1-11-8-4-5-9-10(8)6-7-2-3-7/h4-5,7H,2-3,6H2,1H3. The van der Waals surface area contributed by atoms with E-state index in [2.05, 4.69) is 5.10 Å². The molecule has 1 aromatic heterocycles. The quantitative estimate of drug-likeness (QED) is 0.652. The van der Waals surface area contributed by atoms with Crippen LogP contribution in [0.25, 0.3) is 0 Å². The zero-order valence-electron chi connectivity index (χ0n) is 6.66. The maximum Gasteiger partial charge on any atom is 0.211 e. The highest BCUT2D eigenvalue weighted by Gasteiger charge is 2.22. The summed E-state index contributed by atoms with van der Waals surface area (Å²) in [4.78, 5) is 0. The molecule has 0 bridgehead atoms. The minimum atomic E-state index is 0.851. The van der Waals surface area contributed by atoms with E-state index in [1.54, 1.807) is 13.3 Å². The molecule has 1 aliphatic rings. The molecule has 0 aromatic carbocycles. The van der Waals surface area contributed by atoms with Crippen LogP contribution in [0.1, 0.15) is 12.8 Å². The average molecular weight is 152 g/mol. The Labute approximate surface area is 66.0 Å². The molecular formula is C8H12N2O. The van der Waals surface area contributed by atoms with E-state index < -0.39 is 0 Å². The first-order valence-corrected chi connectivity index (χ1v) is 3.96. The molecule has 1 saturated carbocycles. The van der Waals surface area contributed by atoms with Crippen molar-refractivity contribution in [2.75, 3.05) is 7.11 Å². The molecule has 0 atom stereocenters. The van der Waals surface area contributed by atoms with E-state index in [0.717, 1.165) is 18.3 Å². The molecule has 0 spiro atoms. The largest absolute Gasteiger partial charge is 0.481 e. The summed E-state index contributed by atoms with van der Waals surface area (Å²) in [6, 6.07) is 1.89. The predicted octanol–water partition coefficient (Wildman–Crippen LogP) is 1.30. The van der Waals surface area contributed by atoms with Gasteiger partial charge in [0.25, 0.3) is 0 Å². The number of ether oxygens (including phenoxy) is 1. The van der Waals surface area contributed by atoms with Gasteiger partial charge in [-0.25, -0.2) is 4.68 Å². The molecule has 0 amide bonds. The van der Waals surface area contributed by atoms with Crippen LogP contribution in [0.15, 0.2) is 12.3 Å². The molecule has 3 heteroatoms. The molecule has 0 saturated heterocycles. The van der Waals surface area contributed by atoms with E-state index in [1.807, 2.05) is 10.7 Å². The molecule has 1 aromatic rings. The topological polar surface area (TPSA) is 27.1 Å². The molecule has 60 valence electrons. The number of hydrogen-bond acceptors (Lipinski definition) is 2. The Morgan fingerprint density at radius 1 is 1.73 bits per heavy atom. The Bertz CT molecular complexity index is 240. The van der Waals surface area contributed by atoms with Gasteiger partial charge in [-0.15, -0.1) is 0 Å². The van der Waals surface area contributed by atoms with Gasteiger partial charge in [0.2, 0.25) is 5.88 Å². The Kier molecular flexibility index (Phi) is 1.56. The van der Waals surface area contributed by atoms with Crippen molar-refractivity contribution in [3.8, 4) is 5.88 Å². The molecule has 1 heterocycles. The summed E-state index contributed by atoms with van der Waals surface area (Å²) in [5.41, 5.74) is 0. The fraction of sp³-hybridized carbons (Fsp3) is 0.625. The van der Waals surface area contributed by atoms with Crippen LogP contribution in [0.4, 0.5) is 0 Å². The van der Waals surface area contributed by atoms with Gasteiger partial charge in [0.05, 0.1) is 13.3 Å². The minimum Gasteiger partial charge on any atom is -0.481 e. The summed E-state index contributed by atoms with van der Waals surface area (Å²) < 4.78 is 7.04. The Hall–Kier alpha value is -0.990. The van der Waals surface area contributed by atoms with Crippen LogP contribution in [-0.2, 0) is 6.54 Å². The monoisotopic (exact) mass is 152 g/mol. The van der Waals surface area contributed by atoms with Gasteiger partial charge in [-0.05, 0) is 18.8 Å². The van der Waals surface area contributed by atoms with E-state index in [0.29, 0.717) is 0 Å². The Morgan fingerprint density at radius 2 is 2.55 bits per heavy atom. The molecule has 1 aliphatic carbocycles. The average Bonchev–Trinajstić information content (AvgIpc) is 2.68. The third-order valence-electron chi connectivity index (χ3n) is 2.01. The van der Waals surface area contributed by atoms with Crippen molar-refractivity contribution in [3.05, 3.63) is 12.3 Å². The highest BCUT2D eigenvalue weighted by Crippen LogP contribution is 2.31. The van der Waals surface area contributed by atoms with Gasteiger partial charge >= 0.3 is 0 Å². The summed E-state index contributed by atoms with van der Waals surface area (Å²) in [6.07, 6.45) is 4.48. The van der Waals surface area contributed by atoms with Gasteiger partial charge in [0.1, 0.15) is 0 Å². The third-order valence-corrected chi connectivity index (χ3v) is 2.01. The van der Waals surface area contributed by atoms with Gasteiger partial charge < -0.3 is 4.74 Å². The number of aromatic nitrogens is 2. The van der Waals surface area contributed by atoms with Crippen molar-refractivity contribution >= 4 is 0 Å². The maximum atomic E-state index is 5.11. The van der Waals surface area contributed by atoms with E-state index >= 15 is 0 Å². The number of hydrogen-bond donors (Lipinski definition) is 0. The fourth-order valence-corrected chi connectivity index (χ4v) is 1.18. The van der Waals surface area contributed by atoms with Gasteiger partial charge in [-0.1, -0.05) is 0 Å². The molecule has 11 heavy (non-hydrogen) atoms. The number of nitrogens with zero attached hydrogens (tertiary/aromatic N) is 2. The Balaban J connectivity index is 2.07. The molecule has 1 fully saturated rings. The lowest BCUT2D eigenvalue weighted by molar-refractivity contribution is 0.354. The van der Waals surface area contributed by atoms with Crippen LogP contribution in [-0.4, -0.2) is 16.9 Å². The molecule has 0 N–H and O–H groups in total. The molecule has 3 nitrogen and oxygen atoms in total. The van der Waals surface area contributed by atoms with Crippen LogP contribution in [0.3, 0.4) is 0 Å². The zero-order valence-corrected chi connectivity index (χ0v) is 6.66. The van der Waals surface area contributed by atoms with Crippen molar-refractivity contribution in [3.63, 3.8) is 0 Å². The first kappa shape index (κ1) is 6.70. The summed E-state index contributed by atoms with van der Waals surface area (Å²) in [5, 5.41) is 4.16. The summed E-state index contributed by atoms with van der Waals surface area (Å²) in [6.45, 7) is 1.02. The van der Waals surface area contributed by atoms with Crippen molar-refractivity contribution in [2.24, 2.45) is 5.92 Å². The van der Waals surface area contributed by atoms with Crippen LogP contribution in [0.2, 0.25) is 0 Å². The molecule has 0 radical (unpaired) electrons. The van der Waals surface area contributed by atoms with Gasteiger partial charge in [-0.3, -0.25) is 0 Å². The zero-order chi connectivity index (χ0) is 7.68. The second kappa shape index (κ2) is 2.57. The van der Waals surface area contributed by atoms with E-state index in [-0.39, 0.29) is 0 Å². The van der Waals surface area contributed by atoms with Crippen LogP contribution < -0.4 is 4.74 Å². The van der Waals surface area contributed by atoms with Gasteiger partial charge in [0.15, 0.2) is 0 Å². The SMILES string of the molecule is COc1ccnn1CC1CC1. The lowest BCUT2D eigenvalue weighted by Crippen LogP contribution is -2.03. The maximum absolute atomic E-state index is 5.11. The van der Waals surface area contributed by atoms with Gasteiger partial charge in [-0.2, -0.15) is 5.10 Å². The van der Waals surface area contributed by atoms with E-state index in [9.17, 15) is 0 Å². The van der Waals surface area contributed by atoms with Gasteiger partial charge in [0, 0.05) is 12.6 Å². The normalized spacial score (nSPS) is 16.8. The third kappa shape index (κ3) is 1.37. The fourth-order valence-electron chi connectivity index (χ4n) is 1.18. The second-order valence-corrected chi connectivity index (χ2v) is 3.00. The van der Waals surface area contributed by atoms with Crippen LogP contribution in [0.5, 0.6) is 5.88 Å². The summed E-state index contributed by atoms with van der Waals surface area (Å²) in [5.74, 6) is 1.72. The highest BCUT2D eigenvalue weighted by molar-refractivity contribution is 5.07.